The molecule has 0 bridgehead atoms. The van der Waals surface area contributed by atoms with Crippen LogP contribution in [0, 0.1) is 0 Å². The van der Waals surface area contributed by atoms with Crippen molar-refractivity contribution in [3.05, 3.63) is 53.9 Å². The van der Waals surface area contributed by atoms with Crippen molar-refractivity contribution in [2.24, 2.45) is 0 Å². The van der Waals surface area contributed by atoms with Crippen LogP contribution in [-0.2, 0) is 6.54 Å². The fourth-order valence-corrected chi connectivity index (χ4v) is 2.23. The number of nitrogens with zero attached hydrogens (tertiary/aromatic N) is 3. The van der Waals surface area contributed by atoms with Gasteiger partial charge in [-0.05, 0) is 25.3 Å². The van der Waals surface area contributed by atoms with Crippen LogP contribution in [-0.4, -0.2) is 28.5 Å². The van der Waals surface area contributed by atoms with Crippen LogP contribution < -0.4 is 10.2 Å². The van der Waals surface area contributed by atoms with Gasteiger partial charge in [-0.25, -0.2) is 9.97 Å². The summed E-state index contributed by atoms with van der Waals surface area (Å²) < 4.78 is 0. The number of anilines is 1. The monoisotopic (exact) mass is 296 g/mol. The second-order valence-electron chi connectivity index (χ2n) is 5.52. The third-order valence-electron chi connectivity index (χ3n) is 3.69. The van der Waals surface area contributed by atoms with Gasteiger partial charge in [0.1, 0.15) is 0 Å². The Morgan fingerprint density at radius 3 is 2.50 bits per heavy atom. The Balaban J connectivity index is 1.68. The van der Waals surface area contributed by atoms with Crippen molar-refractivity contribution in [1.29, 1.82) is 0 Å². The molecule has 0 spiro atoms. The lowest BCUT2D eigenvalue weighted by Gasteiger charge is -2.20. The second-order valence-corrected chi connectivity index (χ2v) is 5.52. The number of carbonyl (C=O) groups is 1. The summed E-state index contributed by atoms with van der Waals surface area (Å²) in [6, 6.07) is 10.6. The highest BCUT2D eigenvalue weighted by atomic mass is 16.1. The molecule has 22 heavy (non-hydrogen) atoms. The van der Waals surface area contributed by atoms with Crippen LogP contribution in [0.4, 0.5) is 5.95 Å². The maximum Gasteiger partial charge on any atom is 0.254 e. The van der Waals surface area contributed by atoms with Gasteiger partial charge in [-0.2, -0.15) is 0 Å². The lowest BCUT2D eigenvalue weighted by Crippen LogP contribution is -2.27. The van der Waals surface area contributed by atoms with Gasteiger partial charge in [-0.1, -0.05) is 30.3 Å². The molecule has 5 heteroatoms. The first-order valence-electron chi connectivity index (χ1n) is 7.68. The van der Waals surface area contributed by atoms with Gasteiger partial charge in [0, 0.05) is 31.5 Å². The molecule has 3 rings (SSSR count). The first kappa shape index (κ1) is 14.5. The zero-order chi connectivity index (χ0) is 15.4. The van der Waals surface area contributed by atoms with Crippen LogP contribution in [0.5, 0.6) is 0 Å². The highest BCUT2D eigenvalue weighted by Crippen LogP contribution is 2.19. The van der Waals surface area contributed by atoms with Gasteiger partial charge < -0.3 is 10.2 Å². The number of rotatable bonds is 6. The van der Waals surface area contributed by atoms with Gasteiger partial charge in [-0.15, -0.1) is 0 Å². The summed E-state index contributed by atoms with van der Waals surface area (Å²) in [7, 11) is 0. The van der Waals surface area contributed by atoms with E-state index in [1.807, 2.05) is 18.2 Å². The molecule has 2 aromatic rings. The number of carbonyl (C=O) groups excluding carboxylic acids is 1. The lowest BCUT2D eigenvalue weighted by molar-refractivity contribution is 0.0950. The van der Waals surface area contributed by atoms with E-state index in [-0.39, 0.29) is 5.91 Å². The van der Waals surface area contributed by atoms with Gasteiger partial charge in [0.05, 0.1) is 5.56 Å². The van der Waals surface area contributed by atoms with Crippen LogP contribution in [0.25, 0.3) is 0 Å². The highest BCUT2D eigenvalue weighted by Gasteiger charge is 2.24. The van der Waals surface area contributed by atoms with Gasteiger partial charge in [-0.3, -0.25) is 4.79 Å². The topological polar surface area (TPSA) is 58.1 Å². The van der Waals surface area contributed by atoms with Crippen LogP contribution in [0.2, 0.25) is 0 Å². The van der Waals surface area contributed by atoms with Crippen molar-refractivity contribution in [2.45, 2.75) is 32.4 Å². The Hall–Kier alpha value is -2.43. The van der Waals surface area contributed by atoms with Crippen LogP contribution >= 0.6 is 0 Å². The Labute approximate surface area is 130 Å². The summed E-state index contributed by atoms with van der Waals surface area (Å²) >= 11 is 0. The molecule has 1 fully saturated rings. The number of benzene rings is 1. The summed E-state index contributed by atoms with van der Waals surface area (Å²) in [6.07, 6.45) is 5.36. The van der Waals surface area contributed by atoms with Crippen LogP contribution in [0.3, 0.4) is 0 Å². The van der Waals surface area contributed by atoms with E-state index in [2.05, 4.69) is 39.2 Å². The van der Waals surface area contributed by atoms with E-state index >= 15 is 0 Å². The summed E-state index contributed by atoms with van der Waals surface area (Å²) in [5.41, 5.74) is 1.73. The molecular formula is C17H20N4O. The van der Waals surface area contributed by atoms with Gasteiger partial charge in [0.15, 0.2) is 0 Å². The molecule has 0 saturated heterocycles. The Bertz CT molecular complexity index is 623. The molecule has 1 amide bonds. The SMILES string of the molecule is CCN(Cc1ccccc1)c1ncc(C(=O)NC2CC2)cn1. The third kappa shape index (κ3) is 3.61. The molecule has 1 aliphatic carbocycles. The molecular weight excluding hydrogens is 276 g/mol. The maximum absolute atomic E-state index is 11.9. The van der Waals surface area contributed by atoms with Crippen molar-refractivity contribution in [3.8, 4) is 0 Å². The Kier molecular flexibility index (Phi) is 4.32. The van der Waals surface area contributed by atoms with E-state index in [1.165, 1.54) is 5.56 Å². The minimum atomic E-state index is -0.0832. The van der Waals surface area contributed by atoms with Gasteiger partial charge in [0.25, 0.3) is 5.91 Å². The van der Waals surface area contributed by atoms with Crippen LogP contribution in [0.15, 0.2) is 42.7 Å². The van der Waals surface area contributed by atoms with Gasteiger partial charge in [0.2, 0.25) is 5.95 Å². The number of hydrogen-bond donors (Lipinski definition) is 1. The molecule has 5 nitrogen and oxygen atoms in total. The maximum atomic E-state index is 11.9. The van der Waals surface area contributed by atoms with E-state index in [4.69, 9.17) is 0 Å². The molecule has 1 saturated carbocycles. The van der Waals surface area contributed by atoms with E-state index < -0.39 is 0 Å². The first-order chi connectivity index (χ1) is 10.8. The Morgan fingerprint density at radius 1 is 1.23 bits per heavy atom. The second kappa shape index (κ2) is 6.56. The molecule has 1 aliphatic rings. The minimum absolute atomic E-state index is 0.0832. The molecule has 0 unspecified atom stereocenters. The summed E-state index contributed by atoms with van der Waals surface area (Å²) in [6.45, 7) is 3.63. The molecule has 1 aromatic carbocycles. The largest absolute Gasteiger partial charge is 0.349 e. The standard InChI is InChI=1S/C17H20N4O/c1-2-21(12-13-6-4-3-5-7-13)17-18-10-14(11-19-17)16(22)20-15-8-9-15/h3-7,10-11,15H,2,8-9,12H2,1H3,(H,20,22). The fraction of sp³-hybridized carbons (Fsp3) is 0.353. The normalized spacial score (nSPS) is 13.7. The van der Waals surface area contributed by atoms with E-state index in [1.54, 1.807) is 12.4 Å². The van der Waals surface area contributed by atoms with E-state index in [9.17, 15) is 4.79 Å². The van der Waals surface area contributed by atoms with Crippen LogP contribution in [0.1, 0.15) is 35.7 Å². The number of nitrogens with one attached hydrogen (secondary N) is 1. The van der Waals surface area contributed by atoms with Gasteiger partial charge >= 0.3 is 0 Å². The lowest BCUT2D eigenvalue weighted by atomic mass is 10.2. The fourth-order valence-electron chi connectivity index (χ4n) is 2.23. The van der Waals surface area contributed by atoms with Crippen molar-refractivity contribution in [3.63, 3.8) is 0 Å². The van der Waals surface area contributed by atoms with E-state index in [0.29, 0.717) is 17.6 Å². The smallest absolute Gasteiger partial charge is 0.254 e. The van der Waals surface area contributed by atoms with Crippen molar-refractivity contribution < 1.29 is 4.79 Å². The van der Waals surface area contributed by atoms with E-state index in [0.717, 1.165) is 25.9 Å². The molecule has 114 valence electrons. The summed E-state index contributed by atoms with van der Waals surface area (Å²) in [4.78, 5) is 22.7. The number of hydrogen-bond acceptors (Lipinski definition) is 4. The zero-order valence-corrected chi connectivity index (χ0v) is 12.7. The average Bonchev–Trinajstić information content (AvgIpc) is 3.38. The molecule has 0 radical (unpaired) electrons. The predicted octanol–water partition coefficient (Wildman–Crippen LogP) is 2.40. The van der Waals surface area contributed by atoms with Crippen molar-refractivity contribution >= 4 is 11.9 Å². The number of amides is 1. The molecule has 1 N–H and O–H groups in total. The predicted molar refractivity (Wildman–Crippen MR) is 85.7 cm³/mol. The third-order valence-corrected chi connectivity index (χ3v) is 3.69. The average molecular weight is 296 g/mol. The Morgan fingerprint density at radius 2 is 1.91 bits per heavy atom. The van der Waals surface area contributed by atoms with Crippen molar-refractivity contribution in [1.82, 2.24) is 15.3 Å². The molecule has 1 aromatic heterocycles. The minimum Gasteiger partial charge on any atom is -0.349 e. The zero-order valence-electron chi connectivity index (χ0n) is 12.7. The molecule has 0 aliphatic heterocycles. The molecule has 0 atom stereocenters. The highest BCUT2D eigenvalue weighted by molar-refractivity contribution is 5.94. The summed E-state index contributed by atoms with van der Waals surface area (Å²) in [5, 5.41) is 2.94. The molecule has 1 heterocycles. The quantitative estimate of drug-likeness (QED) is 0.889. The van der Waals surface area contributed by atoms with Crippen molar-refractivity contribution in [2.75, 3.05) is 11.4 Å². The summed E-state index contributed by atoms with van der Waals surface area (Å²) in [5.74, 6) is 0.564. The number of aromatic nitrogens is 2. The first-order valence-corrected chi connectivity index (χ1v) is 7.68.